The quantitative estimate of drug-likeness (QED) is 0.935. The van der Waals surface area contributed by atoms with Gasteiger partial charge in [-0.1, -0.05) is 0 Å². The van der Waals surface area contributed by atoms with Gasteiger partial charge in [0.25, 0.3) is 0 Å². The molecule has 2 aromatic rings. The average Bonchev–Trinajstić information content (AvgIpc) is 2.58. The second-order valence-electron chi connectivity index (χ2n) is 5.98. The Hall–Kier alpha value is -2.50. The maximum Gasteiger partial charge on any atom is 0.220 e. The molecule has 0 aromatic carbocycles. The minimum Gasteiger partial charge on any atom is -0.369 e. The van der Waals surface area contributed by atoms with Crippen LogP contribution >= 0.6 is 0 Å². The predicted molar refractivity (Wildman–Crippen MR) is 88.9 cm³/mol. The Kier molecular flexibility index (Phi) is 4.23. The number of nitrogens with two attached hydrogens (primary N) is 1. The number of pyridine rings is 1. The molecule has 0 spiro atoms. The third-order valence-corrected chi connectivity index (χ3v) is 4.50. The first-order valence-electron chi connectivity index (χ1n) is 7.86. The van der Waals surface area contributed by atoms with Crippen molar-refractivity contribution in [2.45, 2.75) is 26.7 Å². The molecule has 3 heterocycles. The molecule has 23 heavy (non-hydrogen) atoms. The van der Waals surface area contributed by atoms with Crippen molar-refractivity contribution >= 4 is 11.7 Å². The molecule has 6 nitrogen and oxygen atoms in total. The van der Waals surface area contributed by atoms with Crippen LogP contribution in [-0.4, -0.2) is 33.9 Å². The van der Waals surface area contributed by atoms with Crippen molar-refractivity contribution in [3.63, 3.8) is 0 Å². The van der Waals surface area contributed by atoms with Gasteiger partial charge in [0, 0.05) is 48.2 Å². The summed E-state index contributed by atoms with van der Waals surface area (Å²) in [5.41, 5.74) is 8.43. The molecule has 1 fully saturated rings. The van der Waals surface area contributed by atoms with E-state index in [4.69, 9.17) is 10.7 Å². The molecule has 0 radical (unpaired) electrons. The first-order valence-corrected chi connectivity index (χ1v) is 7.86. The summed E-state index contributed by atoms with van der Waals surface area (Å²) in [5.74, 6) is 1.45. The van der Waals surface area contributed by atoms with Gasteiger partial charge >= 0.3 is 0 Å². The molecular formula is C17H21N5O. The van der Waals surface area contributed by atoms with Crippen LogP contribution in [0.1, 0.15) is 24.1 Å². The van der Waals surface area contributed by atoms with Gasteiger partial charge in [0.15, 0.2) is 5.82 Å². The highest BCUT2D eigenvalue weighted by molar-refractivity contribution is 5.77. The summed E-state index contributed by atoms with van der Waals surface area (Å²) < 4.78 is 0. The molecule has 3 rings (SSSR count). The van der Waals surface area contributed by atoms with Crippen LogP contribution in [0.15, 0.2) is 24.5 Å². The maximum atomic E-state index is 11.3. The monoisotopic (exact) mass is 311 g/mol. The van der Waals surface area contributed by atoms with E-state index in [-0.39, 0.29) is 11.8 Å². The molecule has 6 heteroatoms. The number of hydrogen-bond donors (Lipinski definition) is 1. The minimum atomic E-state index is -0.197. The third kappa shape index (κ3) is 3.16. The molecule has 0 atom stereocenters. The number of anilines is 1. The minimum absolute atomic E-state index is 0.0193. The smallest absolute Gasteiger partial charge is 0.220 e. The highest BCUT2D eigenvalue weighted by Crippen LogP contribution is 2.27. The Balaban J connectivity index is 1.91. The van der Waals surface area contributed by atoms with Gasteiger partial charge < -0.3 is 10.6 Å². The van der Waals surface area contributed by atoms with Crippen LogP contribution in [0.5, 0.6) is 0 Å². The number of nitrogens with zero attached hydrogens (tertiary/aromatic N) is 4. The van der Waals surface area contributed by atoms with Gasteiger partial charge in [0.05, 0.1) is 0 Å². The van der Waals surface area contributed by atoms with Crippen molar-refractivity contribution in [2.24, 2.45) is 11.7 Å². The van der Waals surface area contributed by atoms with Gasteiger partial charge in [-0.25, -0.2) is 9.97 Å². The molecule has 1 aliphatic heterocycles. The summed E-state index contributed by atoms with van der Waals surface area (Å²) in [6.45, 7) is 5.63. The first-order chi connectivity index (χ1) is 11.1. The second kappa shape index (κ2) is 6.32. The van der Waals surface area contributed by atoms with Gasteiger partial charge in [-0.2, -0.15) is 0 Å². The number of aryl methyl sites for hydroxylation is 1. The van der Waals surface area contributed by atoms with E-state index in [1.54, 1.807) is 12.4 Å². The summed E-state index contributed by atoms with van der Waals surface area (Å²) in [6, 6.07) is 3.82. The van der Waals surface area contributed by atoms with Crippen LogP contribution in [0.3, 0.4) is 0 Å². The van der Waals surface area contributed by atoms with Crippen molar-refractivity contribution in [1.82, 2.24) is 15.0 Å². The van der Waals surface area contributed by atoms with Crippen LogP contribution in [-0.2, 0) is 4.79 Å². The number of piperidine rings is 1. The van der Waals surface area contributed by atoms with Crippen molar-refractivity contribution in [3.05, 3.63) is 35.8 Å². The molecule has 1 saturated heterocycles. The number of hydrogen-bond acceptors (Lipinski definition) is 5. The SMILES string of the molecule is Cc1nc(-c2ccncc2)nc(N2CCC(C(N)=O)CC2)c1C. The Morgan fingerprint density at radius 3 is 2.43 bits per heavy atom. The lowest BCUT2D eigenvalue weighted by Gasteiger charge is -2.32. The number of aromatic nitrogens is 3. The van der Waals surface area contributed by atoms with Gasteiger partial charge in [0.1, 0.15) is 5.82 Å². The molecule has 2 N–H and O–H groups in total. The number of primary amides is 1. The van der Waals surface area contributed by atoms with Gasteiger partial charge in [0.2, 0.25) is 5.91 Å². The second-order valence-corrected chi connectivity index (χ2v) is 5.98. The topological polar surface area (TPSA) is 85.0 Å². The van der Waals surface area contributed by atoms with E-state index in [1.165, 1.54) is 0 Å². The predicted octanol–water partition coefficient (Wildman–Crippen LogP) is 1.86. The number of carbonyl (C=O) groups excluding carboxylic acids is 1. The standard InChI is InChI=1S/C17H21N5O/c1-11-12(2)20-16(14-3-7-19-8-4-14)21-17(11)22-9-5-13(6-10-22)15(18)23/h3-4,7-8,13H,5-6,9-10H2,1-2H3,(H2,18,23). The summed E-state index contributed by atoms with van der Waals surface area (Å²) in [5, 5.41) is 0. The fourth-order valence-corrected chi connectivity index (χ4v) is 2.93. The van der Waals surface area contributed by atoms with Gasteiger partial charge in [-0.15, -0.1) is 0 Å². The van der Waals surface area contributed by atoms with Crippen molar-refractivity contribution in [2.75, 3.05) is 18.0 Å². The highest BCUT2D eigenvalue weighted by atomic mass is 16.1. The maximum absolute atomic E-state index is 11.3. The van der Waals surface area contributed by atoms with E-state index in [0.717, 1.165) is 48.6 Å². The van der Waals surface area contributed by atoms with E-state index in [2.05, 4.69) is 14.9 Å². The number of amides is 1. The Bertz CT molecular complexity index is 708. The molecule has 2 aromatic heterocycles. The van der Waals surface area contributed by atoms with Crippen LogP contribution in [0.25, 0.3) is 11.4 Å². The van der Waals surface area contributed by atoms with Crippen LogP contribution in [0.2, 0.25) is 0 Å². The first kappa shape index (κ1) is 15.4. The Morgan fingerprint density at radius 2 is 1.83 bits per heavy atom. The fourth-order valence-electron chi connectivity index (χ4n) is 2.93. The lowest BCUT2D eigenvalue weighted by atomic mass is 9.96. The summed E-state index contributed by atoms with van der Waals surface area (Å²) in [6.07, 6.45) is 5.04. The fraction of sp³-hybridized carbons (Fsp3) is 0.412. The highest BCUT2D eigenvalue weighted by Gasteiger charge is 2.25. The zero-order valence-electron chi connectivity index (χ0n) is 13.5. The van der Waals surface area contributed by atoms with Gasteiger partial charge in [-0.3, -0.25) is 9.78 Å². The molecule has 0 bridgehead atoms. The largest absolute Gasteiger partial charge is 0.369 e. The van der Waals surface area contributed by atoms with E-state index in [0.29, 0.717) is 5.82 Å². The zero-order chi connectivity index (χ0) is 16.4. The normalized spacial score (nSPS) is 15.7. The zero-order valence-corrected chi connectivity index (χ0v) is 13.5. The Labute approximate surface area is 135 Å². The van der Waals surface area contributed by atoms with Crippen LogP contribution < -0.4 is 10.6 Å². The van der Waals surface area contributed by atoms with E-state index in [9.17, 15) is 4.79 Å². The van der Waals surface area contributed by atoms with E-state index < -0.39 is 0 Å². The number of rotatable bonds is 3. The average molecular weight is 311 g/mol. The third-order valence-electron chi connectivity index (χ3n) is 4.50. The van der Waals surface area contributed by atoms with Crippen LogP contribution in [0, 0.1) is 19.8 Å². The van der Waals surface area contributed by atoms with E-state index in [1.807, 2.05) is 26.0 Å². The van der Waals surface area contributed by atoms with Crippen molar-refractivity contribution < 1.29 is 4.79 Å². The number of carbonyl (C=O) groups is 1. The van der Waals surface area contributed by atoms with Gasteiger partial charge in [-0.05, 0) is 38.8 Å². The summed E-state index contributed by atoms with van der Waals surface area (Å²) in [7, 11) is 0. The van der Waals surface area contributed by atoms with Crippen molar-refractivity contribution in [1.29, 1.82) is 0 Å². The summed E-state index contributed by atoms with van der Waals surface area (Å²) in [4.78, 5) is 27.0. The summed E-state index contributed by atoms with van der Waals surface area (Å²) >= 11 is 0. The molecular weight excluding hydrogens is 290 g/mol. The molecule has 0 aliphatic carbocycles. The molecule has 1 amide bonds. The lowest BCUT2D eigenvalue weighted by Crippen LogP contribution is -2.39. The molecule has 0 unspecified atom stereocenters. The molecule has 0 saturated carbocycles. The van der Waals surface area contributed by atoms with Crippen LogP contribution in [0.4, 0.5) is 5.82 Å². The molecule has 120 valence electrons. The van der Waals surface area contributed by atoms with Crippen molar-refractivity contribution in [3.8, 4) is 11.4 Å². The lowest BCUT2D eigenvalue weighted by molar-refractivity contribution is -0.122. The molecule has 1 aliphatic rings. The Morgan fingerprint density at radius 1 is 1.17 bits per heavy atom. The van der Waals surface area contributed by atoms with E-state index >= 15 is 0 Å².